The van der Waals surface area contributed by atoms with E-state index in [4.69, 9.17) is 5.11 Å². The van der Waals surface area contributed by atoms with Gasteiger partial charge in [-0.05, 0) is 12.5 Å². The highest BCUT2D eigenvalue weighted by atomic mass is 16.4. The quantitative estimate of drug-likeness (QED) is 0.657. The predicted octanol–water partition coefficient (Wildman–Crippen LogP) is 0.737. The SMILES string of the molecule is CNCCN(C)C(=O)NC(CC(=O)O)C(C)(C)C. The van der Waals surface area contributed by atoms with Crippen molar-refractivity contribution in [2.24, 2.45) is 5.41 Å². The molecule has 0 saturated carbocycles. The predicted molar refractivity (Wildman–Crippen MR) is 70.6 cm³/mol. The molecule has 3 N–H and O–H groups in total. The Morgan fingerprint density at radius 1 is 1.33 bits per heavy atom. The van der Waals surface area contributed by atoms with E-state index in [1.54, 1.807) is 7.05 Å². The van der Waals surface area contributed by atoms with E-state index in [-0.39, 0.29) is 23.9 Å². The maximum absolute atomic E-state index is 11.9. The van der Waals surface area contributed by atoms with Gasteiger partial charge in [0.05, 0.1) is 6.42 Å². The summed E-state index contributed by atoms with van der Waals surface area (Å²) < 4.78 is 0. The number of carbonyl (C=O) groups excluding carboxylic acids is 1. The zero-order chi connectivity index (χ0) is 14.3. The first-order valence-corrected chi connectivity index (χ1v) is 6.06. The van der Waals surface area contributed by atoms with Crippen LogP contribution in [0.3, 0.4) is 0 Å². The maximum atomic E-state index is 11.9. The minimum atomic E-state index is -0.909. The molecule has 0 aliphatic carbocycles. The number of hydrogen-bond donors (Lipinski definition) is 3. The molecule has 0 aromatic heterocycles. The summed E-state index contributed by atoms with van der Waals surface area (Å²) in [6.07, 6.45) is -0.0743. The van der Waals surface area contributed by atoms with Gasteiger partial charge in [-0.1, -0.05) is 20.8 Å². The van der Waals surface area contributed by atoms with Crippen LogP contribution in [0.2, 0.25) is 0 Å². The molecule has 0 bridgehead atoms. The monoisotopic (exact) mass is 259 g/mol. The molecule has 0 aromatic rings. The van der Waals surface area contributed by atoms with Crippen molar-refractivity contribution < 1.29 is 14.7 Å². The molecule has 106 valence electrons. The third-order valence-corrected chi connectivity index (χ3v) is 2.77. The van der Waals surface area contributed by atoms with Crippen LogP contribution in [0.5, 0.6) is 0 Å². The van der Waals surface area contributed by atoms with E-state index in [0.29, 0.717) is 13.1 Å². The van der Waals surface area contributed by atoms with Crippen molar-refractivity contribution in [3.05, 3.63) is 0 Å². The first-order chi connectivity index (χ1) is 8.18. The van der Waals surface area contributed by atoms with E-state index in [9.17, 15) is 9.59 Å². The fourth-order valence-electron chi connectivity index (χ4n) is 1.39. The number of rotatable bonds is 6. The van der Waals surface area contributed by atoms with Crippen molar-refractivity contribution in [1.29, 1.82) is 0 Å². The van der Waals surface area contributed by atoms with E-state index in [1.165, 1.54) is 4.90 Å². The van der Waals surface area contributed by atoms with Crippen molar-refractivity contribution in [3.63, 3.8) is 0 Å². The van der Waals surface area contributed by atoms with Crippen molar-refractivity contribution in [3.8, 4) is 0 Å². The molecule has 0 saturated heterocycles. The third kappa shape index (κ3) is 6.44. The first kappa shape index (κ1) is 16.7. The number of likely N-dealkylation sites (N-methyl/N-ethyl adjacent to an activating group) is 2. The summed E-state index contributed by atoms with van der Waals surface area (Å²) in [6, 6.07) is -0.633. The summed E-state index contributed by atoms with van der Waals surface area (Å²) in [5.74, 6) is -0.909. The number of carboxylic acid groups (broad SMARTS) is 1. The lowest BCUT2D eigenvalue weighted by Gasteiger charge is -2.32. The Balaban J connectivity index is 4.48. The number of nitrogens with one attached hydrogen (secondary N) is 2. The van der Waals surface area contributed by atoms with E-state index >= 15 is 0 Å². The van der Waals surface area contributed by atoms with Gasteiger partial charge in [-0.15, -0.1) is 0 Å². The molecule has 0 aliphatic heterocycles. The topological polar surface area (TPSA) is 81.7 Å². The number of urea groups is 1. The van der Waals surface area contributed by atoms with E-state index in [0.717, 1.165) is 0 Å². The molecule has 1 unspecified atom stereocenters. The molecule has 0 aromatic carbocycles. The molecular formula is C12H25N3O3. The van der Waals surface area contributed by atoms with E-state index in [1.807, 2.05) is 27.8 Å². The van der Waals surface area contributed by atoms with Gasteiger partial charge in [0, 0.05) is 26.2 Å². The highest BCUT2D eigenvalue weighted by molar-refractivity contribution is 5.75. The molecule has 1 atom stereocenters. The second-order valence-corrected chi connectivity index (χ2v) is 5.49. The second kappa shape index (κ2) is 7.20. The number of hydrogen-bond acceptors (Lipinski definition) is 3. The number of amides is 2. The molecule has 0 heterocycles. The molecule has 0 aliphatic rings. The Hall–Kier alpha value is -1.30. The molecule has 0 spiro atoms. The molecule has 0 rings (SSSR count). The van der Waals surface area contributed by atoms with E-state index < -0.39 is 5.97 Å². The van der Waals surface area contributed by atoms with Crippen LogP contribution in [0.1, 0.15) is 27.2 Å². The fraction of sp³-hybridized carbons (Fsp3) is 0.833. The van der Waals surface area contributed by atoms with E-state index in [2.05, 4.69) is 10.6 Å². The average Bonchev–Trinajstić information content (AvgIpc) is 2.22. The minimum absolute atomic E-state index is 0.0743. The minimum Gasteiger partial charge on any atom is -0.481 e. The highest BCUT2D eigenvalue weighted by Gasteiger charge is 2.29. The first-order valence-electron chi connectivity index (χ1n) is 6.06. The van der Waals surface area contributed by atoms with Gasteiger partial charge in [0.2, 0.25) is 0 Å². The third-order valence-electron chi connectivity index (χ3n) is 2.77. The van der Waals surface area contributed by atoms with Crippen LogP contribution in [0.15, 0.2) is 0 Å². The number of carboxylic acids is 1. The van der Waals surface area contributed by atoms with Crippen molar-refractivity contribution in [1.82, 2.24) is 15.5 Å². The summed E-state index contributed by atoms with van der Waals surface area (Å²) in [5, 5.41) is 14.6. The molecule has 6 heteroatoms. The maximum Gasteiger partial charge on any atom is 0.317 e. The zero-order valence-corrected chi connectivity index (χ0v) is 11.9. The fourth-order valence-corrected chi connectivity index (χ4v) is 1.39. The van der Waals surface area contributed by atoms with Crippen molar-refractivity contribution in [2.75, 3.05) is 27.2 Å². The lowest BCUT2D eigenvalue weighted by Crippen LogP contribution is -2.50. The van der Waals surface area contributed by atoms with Gasteiger partial charge in [0.25, 0.3) is 0 Å². The summed E-state index contributed by atoms with van der Waals surface area (Å²) in [6.45, 7) is 7.01. The molecule has 2 amide bonds. The Morgan fingerprint density at radius 2 is 1.89 bits per heavy atom. The second-order valence-electron chi connectivity index (χ2n) is 5.49. The molecule has 18 heavy (non-hydrogen) atoms. The van der Waals surface area contributed by atoms with Crippen LogP contribution >= 0.6 is 0 Å². The van der Waals surface area contributed by atoms with Crippen LogP contribution < -0.4 is 10.6 Å². The molecule has 6 nitrogen and oxygen atoms in total. The van der Waals surface area contributed by atoms with Crippen molar-refractivity contribution >= 4 is 12.0 Å². The lowest BCUT2D eigenvalue weighted by molar-refractivity contribution is -0.138. The number of nitrogens with zero attached hydrogens (tertiary/aromatic N) is 1. The summed E-state index contributed by atoms with van der Waals surface area (Å²) >= 11 is 0. The lowest BCUT2D eigenvalue weighted by atomic mass is 9.85. The number of aliphatic carboxylic acids is 1. The van der Waals surface area contributed by atoms with Crippen LogP contribution in [0.25, 0.3) is 0 Å². The molecule has 0 radical (unpaired) electrons. The zero-order valence-electron chi connectivity index (χ0n) is 11.9. The molecule has 0 fully saturated rings. The normalized spacial score (nSPS) is 12.9. The Morgan fingerprint density at radius 3 is 2.28 bits per heavy atom. The average molecular weight is 259 g/mol. The standard InChI is InChI=1S/C12H25N3O3/c1-12(2,3)9(8-10(16)17)14-11(18)15(5)7-6-13-4/h9,13H,6-8H2,1-5H3,(H,14,18)(H,16,17). The highest BCUT2D eigenvalue weighted by Crippen LogP contribution is 2.22. The number of carbonyl (C=O) groups is 2. The van der Waals surface area contributed by atoms with Gasteiger partial charge < -0.3 is 20.6 Å². The molecular weight excluding hydrogens is 234 g/mol. The van der Waals surface area contributed by atoms with Crippen LogP contribution in [-0.4, -0.2) is 55.2 Å². The van der Waals surface area contributed by atoms with Crippen molar-refractivity contribution in [2.45, 2.75) is 33.2 Å². The summed E-state index contributed by atoms with van der Waals surface area (Å²) in [5.41, 5.74) is -0.294. The largest absolute Gasteiger partial charge is 0.481 e. The Labute approximate surface area is 109 Å². The van der Waals surface area contributed by atoms with Gasteiger partial charge >= 0.3 is 12.0 Å². The summed E-state index contributed by atoms with van der Waals surface area (Å²) in [4.78, 5) is 24.2. The van der Waals surface area contributed by atoms with Gasteiger partial charge in [-0.25, -0.2) is 4.79 Å². The Bertz CT molecular complexity index is 287. The van der Waals surface area contributed by atoms with Crippen LogP contribution in [0, 0.1) is 5.41 Å². The van der Waals surface area contributed by atoms with Crippen LogP contribution in [0.4, 0.5) is 4.79 Å². The van der Waals surface area contributed by atoms with Gasteiger partial charge in [-0.3, -0.25) is 4.79 Å². The van der Waals surface area contributed by atoms with Gasteiger partial charge in [0.1, 0.15) is 0 Å². The smallest absolute Gasteiger partial charge is 0.317 e. The van der Waals surface area contributed by atoms with Gasteiger partial charge in [-0.2, -0.15) is 0 Å². The Kier molecular flexibility index (Phi) is 6.68. The van der Waals surface area contributed by atoms with Crippen LogP contribution in [-0.2, 0) is 4.79 Å². The summed E-state index contributed by atoms with van der Waals surface area (Å²) in [7, 11) is 3.50. The van der Waals surface area contributed by atoms with Gasteiger partial charge in [0.15, 0.2) is 0 Å².